The molecular weight excluding hydrogens is 132 g/mol. The molecular formula is C5H10N4O. The van der Waals surface area contributed by atoms with Gasteiger partial charge >= 0.3 is 6.03 Å². The van der Waals surface area contributed by atoms with Crippen molar-refractivity contribution in [2.24, 2.45) is 0 Å². The first-order chi connectivity index (χ1) is 4.86. The van der Waals surface area contributed by atoms with Crippen LogP contribution in [0.2, 0.25) is 0 Å². The van der Waals surface area contributed by atoms with Gasteiger partial charge in [0.15, 0.2) is 0 Å². The maximum absolute atomic E-state index is 10.7. The number of hydrogen-bond donors (Lipinski definition) is 4. The van der Waals surface area contributed by atoms with Gasteiger partial charge in [-0.1, -0.05) is 0 Å². The van der Waals surface area contributed by atoms with Crippen molar-refractivity contribution in [2.75, 3.05) is 13.2 Å². The number of carbonyl (C=O) groups excluding carboxylic acids is 1. The van der Waals surface area contributed by atoms with Crippen LogP contribution in [-0.2, 0) is 0 Å². The van der Waals surface area contributed by atoms with E-state index in [0.29, 0.717) is 0 Å². The van der Waals surface area contributed by atoms with Crippen molar-refractivity contribution in [1.82, 2.24) is 21.3 Å². The molecule has 0 saturated carbocycles. The molecule has 56 valence electrons. The van der Waals surface area contributed by atoms with Crippen LogP contribution >= 0.6 is 0 Å². The van der Waals surface area contributed by atoms with Gasteiger partial charge in [-0.25, -0.2) is 4.79 Å². The van der Waals surface area contributed by atoms with Gasteiger partial charge in [-0.3, -0.25) is 5.32 Å². The fourth-order valence-electron chi connectivity index (χ4n) is 1.31. The quantitative estimate of drug-likeness (QED) is 0.321. The lowest BCUT2D eigenvalue weighted by atomic mass is 10.2. The zero-order valence-electron chi connectivity index (χ0n) is 5.48. The first-order valence-corrected chi connectivity index (χ1v) is 3.37. The predicted molar refractivity (Wildman–Crippen MR) is 35.2 cm³/mol. The Morgan fingerprint density at radius 2 is 2.30 bits per heavy atom. The smallest absolute Gasteiger partial charge is 0.316 e. The highest BCUT2D eigenvalue weighted by Gasteiger charge is 2.32. The Morgan fingerprint density at radius 1 is 1.40 bits per heavy atom. The third-order valence-corrected chi connectivity index (χ3v) is 1.82. The number of urea groups is 1. The zero-order valence-corrected chi connectivity index (χ0v) is 5.48. The van der Waals surface area contributed by atoms with Gasteiger partial charge in [0.05, 0.1) is 6.04 Å². The number of nitrogens with one attached hydrogen (secondary N) is 4. The minimum absolute atomic E-state index is 0.0776. The van der Waals surface area contributed by atoms with Crippen molar-refractivity contribution < 1.29 is 4.79 Å². The van der Waals surface area contributed by atoms with E-state index in [1.807, 2.05) is 0 Å². The molecule has 0 aliphatic carbocycles. The van der Waals surface area contributed by atoms with E-state index < -0.39 is 0 Å². The Labute approximate surface area is 58.5 Å². The lowest BCUT2D eigenvalue weighted by molar-refractivity contribution is 0.247. The number of carbonyl (C=O) groups is 1. The number of amides is 2. The van der Waals surface area contributed by atoms with Crippen molar-refractivity contribution in [3.8, 4) is 0 Å². The second kappa shape index (κ2) is 2.10. The number of hydrogen-bond acceptors (Lipinski definition) is 3. The standard InChI is InChI=1S/C5H10N4O/c10-5-8-3-1-6-2-7-4(3)9-5/h3-4,6-7H,1-2H2,(H2,8,9,10). The summed E-state index contributed by atoms with van der Waals surface area (Å²) in [5.41, 5.74) is 0. The van der Waals surface area contributed by atoms with Crippen LogP contribution in [0.25, 0.3) is 0 Å². The Hall–Kier alpha value is -0.810. The highest BCUT2D eigenvalue weighted by Crippen LogP contribution is 1.99. The van der Waals surface area contributed by atoms with Gasteiger partial charge in [0.2, 0.25) is 0 Å². The van der Waals surface area contributed by atoms with Gasteiger partial charge in [0.1, 0.15) is 6.17 Å². The molecule has 2 fully saturated rings. The molecule has 4 N–H and O–H groups in total. The summed E-state index contributed by atoms with van der Waals surface area (Å²) in [6.45, 7) is 1.61. The summed E-state index contributed by atoms with van der Waals surface area (Å²) >= 11 is 0. The van der Waals surface area contributed by atoms with E-state index in [1.165, 1.54) is 0 Å². The average Bonchev–Trinajstić information content (AvgIpc) is 2.27. The van der Waals surface area contributed by atoms with Gasteiger partial charge in [0, 0.05) is 13.2 Å². The summed E-state index contributed by atoms with van der Waals surface area (Å²) in [7, 11) is 0. The zero-order chi connectivity index (χ0) is 6.97. The van der Waals surface area contributed by atoms with Gasteiger partial charge in [-0.2, -0.15) is 0 Å². The minimum Gasteiger partial charge on any atom is -0.331 e. The Balaban J connectivity index is 2.04. The molecule has 0 aromatic carbocycles. The lowest BCUT2D eigenvalue weighted by Crippen LogP contribution is -2.58. The maximum Gasteiger partial charge on any atom is 0.316 e. The lowest BCUT2D eigenvalue weighted by Gasteiger charge is -2.25. The minimum atomic E-state index is -0.0776. The van der Waals surface area contributed by atoms with Crippen LogP contribution in [0.1, 0.15) is 0 Å². The van der Waals surface area contributed by atoms with Crippen LogP contribution in [-0.4, -0.2) is 31.5 Å². The van der Waals surface area contributed by atoms with E-state index in [1.54, 1.807) is 0 Å². The number of fused-ring (bicyclic) bond motifs is 1. The number of rotatable bonds is 0. The molecule has 2 saturated heterocycles. The van der Waals surface area contributed by atoms with Gasteiger partial charge in [0.25, 0.3) is 0 Å². The SMILES string of the molecule is O=C1NC2CNCNC2N1. The fourth-order valence-corrected chi connectivity index (χ4v) is 1.31. The molecule has 0 aromatic rings. The molecule has 5 heteroatoms. The normalized spacial score (nSPS) is 38.2. The first-order valence-electron chi connectivity index (χ1n) is 3.37. The van der Waals surface area contributed by atoms with E-state index in [-0.39, 0.29) is 18.2 Å². The average molecular weight is 142 g/mol. The van der Waals surface area contributed by atoms with Crippen LogP contribution in [0.15, 0.2) is 0 Å². The van der Waals surface area contributed by atoms with Crippen molar-refractivity contribution >= 4 is 6.03 Å². The molecule has 2 atom stereocenters. The third-order valence-electron chi connectivity index (χ3n) is 1.82. The molecule has 2 rings (SSSR count). The Morgan fingerprint density at radius 3 is 3.10 bits per heavy atom. The summed E-state index contributed by atoms with van der Waals surface area (Å²) in [4.78, 5) is 10.7. The van der Waals surface area contributed by atoms with Crippen LogP contribution in [0.5, 0.6) is 0 Å². The molecule has 2 amide bonds. The second-order valence-corrected chi connectivity index (χ2v) is 2.54. The molecule has 5 nitrogen and oxygen atoms in total. The van der Waals surface area contributed by atoms with E-state index >= 15 is 0 Å². The molecule has 2 unspecified atom stereocenters. The molecule has 0 bridgehead atoms. The van der Waals surface area contributed by atoms with E-state index in [9.17, 15) is 4.79 Å². The summed E-state index contributed by atoms with van der Waals surface area (Å²) in [5.74, 6) is 0. The monoisotopic (exact) mass is 142 g/mol. The van der Waals surface area contributed by atoms with E-state index in [2.05, 4.69) is 21.3 Å². The first kappa shape index (κ1) is 5.94. The van der Waals surface area contributed by atoms with Gasteiger partial charge in [-0.15, -0.1) is 0 Å². The Bertz CT molecular complexity index is 144. The van der Waals surface area contributed by atoms with Crippen LogP contribution in [0.4, 0.5) is 4.79 Å². The highest BCUT2D eigenvalue weighted by atomic mass is 16.2. The molecule has 10 heavy (non-hydrogen) atoms. The maximum atomic E-state index is 10.7. The van der Waals surface area contributed by atoms with Crippen LogP contribution < -0.4 is 21.3 Å². The van der Waals surface area contributed by atoms with Crippen molar-refractivity contribution in [2.45, 2.75) is 12.2 Å². The summed E-state index contributed by atoms with van der Waals surface area (Å²) in [6.07, 6.45) is 0.119. The van der Waals surface area contributed by atoms with Crippen molar-refractivity contribution in [3.05, 3.63) is 0 Å². The summed E-state index contributed by atoms with van der Waals surface area (Å²) in [5, 5.41) is 11.8. The summed E-state index contributed by atoms with van der Waals surface area (Å²) < 4.78 is 0. The van der Waals surface area contributed by atoms with Gasteiger partial charge < -0.3 is 16.0 Å². The molecule has 0 spiro atoms. The molecule has 2 aliphatic heterocycles. The predicted octanol–water partition coefficient (Wildman–Crippen LogP) is -1.86. The molecule has 0 radical (unpaired) electrons. The van der Waals surface area contributed by atoms with Crippen LogP contribution in [0.3, 0.4) is 0 Å². The fraction of sp³-hybridized carbons (Fsp3) is 0.800. The van der Waals surface area contributed by atoms with Crippen molar-refractivity contribution in [3.63, 3.8) is 0 Å². The van der Waals surface area contributed by atoms with Crippen LogP contribution in [0, 0.1) is 0 Å². The third kappa shape index (κ3) is 0.833. The van der Waals surface area contributed by atoms with Gasteiger partial charge in [-0.05, 0) is 0 Å². The largest absolute Gasteiger partial charge is 0.331 e. The second-order valence-electron chi connectivity index (χ2n) is 2.54. The molecule has 2 heterocycles. The summed E-state index contributed by atoms with van der Waals surface area (Å²) in [6, 6.07) is 0.132. The molecule has 0 aromatic heterocycles. The Kier molecular flexibility index (Phi) is 1.25. The van der Waals surface area contributed by atoms with Crippen molar-refractivity contribution in [1.29, 1.82) is 0 Å². The van der Waals surface area contributed by atoms with E-state index in [4.69, 9.17) is 0 Å². The molecule has 2 aliphatic rings. The van der Waals surface area contributed by atoms with E-state index in [0.717, 1.165) is 13.2 Å². The highest BCUT2D eigenvalue weighted by molar-refractivity contribution is 5.77. The topological polar surface area (TPSA) is 65.2 Å².